The Labute approximate surface area is 170 Å². The number of rotatable bonds is 6. The van der Waals surface area contributed by atoms with E-state index in [9.17, 15) is 12.8 Å². The number of sulfonamides is 1. The summed E-state index contributed by atoms with van der Waals surface area (Å²) in [5.41, 5.74) is 2.22. The molecule has 2 aromatic rings. The number of nitrogens with zero attached hydrogens (tertiary/aromatic N) is 2. The fourth-order valence-corrected chi connectivity index (χ4v) is 4.26. The number of carbonyl (C=O) groups is 1. The molecular weight excluding hydrogens is 407 g/mol. The van der Waals surface area contributed by atoms with Crippen LogP contribution in [0.25, 0.3) is 0 Å². The maximum absolute atomic E-state index is 13.5. The van der Waals surface area contributed by atoms with E-state index >= 15 is 0 Å². The lowest BCUT2D eigenvalue weighted by atomic mass is 10.1. The normalized spacial score (nSPS) is 11.3. The van der Waals surface area contributed by atoms with Gasteiger partial charge in [0.05, 0.1) is 5.02 Å². The highest BCUT2D eigenvalue weighted by atomic mass is 35.5. The predicted octanol–water partition coefficient (Wildman–Crippen LogP) is 3.37. The summed E-state index contributed by atoms with van der Waals surface area (Å²) in [7, 11) is 1.62. The average Bonchev–Trinajstić information content (AvgIpc) is 2.58. The number of hydrogen-bond acceptors (Lipinski definition) is 4. The Morgan fingerprint density at radius 3 is 2.18 bits per heavy atom. The first-order chi connectivity index (χ1) is 13.0. The van der Waals surface area contributed by atoms with Gasteiger partial charge in [0.2, 0.25) is 10.0 Å². The number of halogens is 2. The molecule has 0 atom stereocenters. The molecule has 28 heavy (non-hydrogen) atoms. The quantitative estimate of drug-likeness (QED) is 0.711. The molecule has 0 saturated heterocycles. The highest BCUT2D eigenvalue weighted by Crippen LogP contribution is 2.27. The van der Waals surface area contributed by atoms with Gasteiger partial charge in [-0.05, 0) is 49.8 Å². The molecule has 2 aromatic carbocycles. The van der Waals surface area contributed by atoms with Crippen LogP contribution in [-0.4, -0.2) is 50.3 Å². The van der Waals surface area contributed by atoms with Gasteiger partial charge in [0.25, 0.3) is 6.47 Å². The summed E-state index contributed by atoms with van der Waals surface area (Å²) in [6.45, 7) is 2.24. The van der Waals surface area contributed by atoms with Crippen molar-refractivity contribution in [3.63, 3.8) is 0 Å². The van der Waals surface area contributed by atoms with Crippen molar-refractivity contribution in [2.24, 2.45) is 0 Å². The third-order valence-electron chi connectivity index (χ3n) is 3.80. The van der Waals surface area contributed by atoms with E-state index in [1.807, 2.05) is 43.3 Å². The summed E-state index contributed by atoms with van der Waals surface area (Å²) in [5, 5.41) is 6.77. The van der Waals surface area contributed by atoms with Gasteiger partial charge in [0.1, 0.15) is 10.7 Å². The Kier molecular flexibility index (Phi) is 9.03. The van der Waals surface area contributed by atoms with Crippen LogP contribution in [0.15, 0.2) is 41.3 Å². The predicted molar refractivity (Wildman–Crippen MR) is 107 cm³/mol. The van der Waals surface area contributed by atoms with Crippen molar-refractivity contribution in [1.29, 1.82) is 0 Å². The molecule has 0 unspecified atom stereocenters. The average molecular weight is 431 g/mol. The van der Waals surface area contributed by atoms with Crippen LogP contribution >= 0.6 is 11.6 Å². The lowest BCUT2D eigenvalue weighted by Gasteiger charge is -2.19. The van der Waals surface area contributed by atoms with Gasteiger partial charge in [-0.15, -0.1) is 0 Å². The van der Waals surface area contributed by atoms with Crippen molar-refractivity contribution in [3.05, 3.63) is 63.9 Å². The molecule has 0 bridgehead atoms. The fraction of sp³-hybridized carbons (Fsp3) is 0.316. The summed E-state index contributed by atoms with van der Waals surface area (Å²) in [6, 6.07) is 10.1. The van der Waals surface area contributed by atoms with E-state index in [4.69, 9.17) is 21.5 Å². The van der Waals surface area contributed by atoms with Gasteiger partial charge in [-0.2, -0.15) is 4.31 Å². The third-order valence-corrected chi connectivity index (χ3v) is 6.06. The first-order valence-corrected chi connectivity index (χ1v) is 10.1. The van der Waals surface area contributed by atoms with E-state index in [1.54, 1.807) is 0 Å². The zero-order valence-corrected chi connectivity index (χ0v) is 17.8. The largest absolute Gasteiger partial charge is 0.483 e. The molecule has 0 aliphatic rings. The lowest BCUT2D eigenvalue weighted by molar-refractivity contribution is -0.122. The molecule has 0 radical (unpaired) electrons. The lowest BCUT2D eigenvalue weighted by Crippen LogP contribution is -2.27. The van der Waals surface area contributed by atoms with Gasteiger partial charge in [-0.1, -0.05) is 35.9 Å². The second-order valence-electron chi connectivity index (χ2n) is 6.46. The van der Waals surface area contributed by atoms with Crippen LogP contribution in [0.4, 0.5) is 4.39 Å². The van der Waals surface area contributed by atoms with E-state index in [1.165, 1.54) is 24.3 Å². The minimum Gasteiger partial charge on any atom is -0.483 e. The molecule has 9 heteroatoms. The van der Waals surface area contributed by atoms with Gasteiger partial charge in [0, 0.05) is 20.1 Å². The number of aryl methyl sites for hydroxylation is 1. The van der Waals surface area contributed by atoms with E-state index in [-0.39, 0.29) is 28.5 Å². The molecule has 0 fully saturated rings. The SMILES string of the molecule is Cc1cc(S(=O)(=O)N(C)Cc2cccc(CN(C)C)c2)c(Cl)cc1F.O=CO. The first-order valence-electron chi connectivity index (χ1n) is 8.25. The van der Waals surface area contributed by atoms with Crippen molar-refractivity contribution < 1.29 is 22.7 Å². The van der Waals surface area contributed by atoms with Gasteiger partial charge >= 0.3 is 0 Å². The maximum atomic E-state index is 13.5. The van der Waals surface area contributed by atoms with Gasteiger partial charge in [-0.3, -0.25) is 4.79 Å². The zero-order valence-electron chi connectivity index (χ0n) is 16.2. The smallest absolute Gasteiger partial charge is 0.290 e. The van der Waals surface area contributed by atoms with Crippen LogP contribution < -0.4 is 0 Å². The molecule has 154 valence electrons. The summed E-state index contributed by atoms with van der Waals surface area (Å²) < 4.78 is 40.4. The first kappa shape index (κ1) is 24.0. The Morgan fingerprint density at radius 1 is 1.11 bits per heavy atom. The van der Waals surface area contributed by atoms with E-state index in [0.717, 1.165) is 23.7 Å². The van der Waals surface area contributed by atoms with Crippen LogP contribution in [0, 0.1) is 12.7 Å². The summed E-state index contributed by atoms with van der Waals surface area (Å²) in [6.07, 6.45) is 0. The Balaban J connectivity index is 0.00000122. The second-order valence-corrected chi connectivity index (χ2v) is 8.88. The van der Waals surface area contributed by atoms with E-state index in [2.05, 4.69) is 0 Å². The minimum atomic E-state index is -3.82. The molecule has 0 saturated carbocycles. The summed E-state index contributed by atoms with van der Waals surface area (Å²) >= 11 is 5.96. The monoisotopic (exact) mass is 430 g/mol. The van der Waals surface area contributed by atoms with Gasteiger partial charge < -0.3 is 10.0 Å². The minimum absolute atomic E-state index is 0.0833. The molecule has 0 spiro atoms. The van der Waals surface area contributed by atoms with Crippen LogP contribution in [0.2, 0.25) is 5.02 Å². The van der Waals surface area contributed by atoms with Crippen LogP contribution in [-0.2, 0) is 27.9 Å². The van der Waals surface area contributed by atoms with Crippen molar-refractivity contribution in [3.8, 4) is 0 Å². The molecule has 1 N–H and O–H groups in total. The highest BCUT2D eigenvalue weighted by molar-refractivity contribution is 7.89. The van der Waals surface area contributed by atoms with Crippen molar-refractivity contribution >= 4 is 28.1 Å². The molecule has 0 aliphatic carbocycles. The van der Waals surface area contributed by atoms with Crippen molar-refractivity contribution in [1.82, 2.24) is 9.21 Å². The standard InChI is InChI=1S/C18H22ClFN2O2S.CH2O2/c1-13-8-18(16(19)10-17(13)20)25(23,24)22(4)12-15-7-5-6-14(9-15)11-21(2)3;2-1-3/h5-10H,11-12H2,1-4H3;1H,(H,2,3). The highest BCUT2D eigenvalue weighted by Gasteiger charge is 2.25. The molecule has 6 nitrogen and oxygen atoms in total. The summed E-state index contributed by atoms with van der Waals surface area (Å²) in [4.78, 5) is 10.3. The zero-order chi connectivity index (χ0) is 21.5. The fourth-order valence-electron chi connectivity index (χ4n) is 2.53. The molecule has 0 amide bonds. The van der Waals surface area contributed by atoms with Gasteiger partial charge in [-0.25, -0.2) is 12.8 Å². The van der Waals surface area contributed by atoms with Crippen LogP contribution in [0.3, 0.4) is 0 Å². The van der Waals surface area contributed by atoms with E-state index < -0.39 is 15.8 Å². The molecule has 0 heterocycles. The Hall–Kier alpha value is -2.00. The molecule has 0 aliphatic heterocycles. The molecular formula is C19H24ClFN2O4S. The Morgan fingerprint density at radius 2 is 1.64 bits per heavy atom. The van der Waals surface area contributed by atoms with Crippen LogP contribution in [0.5, 0.6) is 0 Å². The topological polar surface area (TPSA) is 77.9 Å². The van der Waals surface area contributed by atoms with Crippen molar-refractivity contribution in [2.45, 2.75) is 24.9 Å². The third kappa shape index (κ3) is 6.56. The second kappa shape index (κ2) is 10.5. The summed E-state index contributed by atoms with van der Waals surface area (Å²) in [5.74, 6) is -0.525. The van der Waals surface area contributed by atoms with Crippen LogP contribution in [0.1, 0.15) is 16.7 Å². The maximum Gasteiger partial charge on any atom is 0.290 e. The molecule has 2 rings (SSSR count). The van der Waals surface area contributed by atoms with Gasteiger partial charge in [0.15, 0.2) is 0 Å². The van der Waals surface area contributed by atoms with E-state index in [0.29, 0.717) is 0 Å². The molecule has 0 aromatic heterocycles. The number of benzene rings is 2. The number of carboxylic acid groups (broad SMARTS) is 1. The number of hydrogen-bond donors (Lipinski definition) is 1. The Bertz CT molecular complexity index is 920. The van der Waals surface area contributed by atoms with Crippen molar-refractivity contribution in [2.75, 3.05) is 21.1 Å².